The predicted octanol–water partition coefficient (Wildman–Crippen LogP) is 0.994. The molecule has 4 nitrogen and oxygen atoms in total. The number of hydrogen-bond donors (Lipinski definition) is 1. The molecule has 4 heteroatoms. The highest BCUT2D eigenvalue weighted by atomic mass is 15.2. The molecular formula is C12H22N4. The van der Waals surface area contributed by atoms with Crippen LogP contribution in [0.25, 0.3) is 0 Å². The molecule has 0 aromatic carbocycles. The summed E-state index contributed by atoms with van der Waals surface area (Å²) >= 11 is 0. The lowest BCUT2D eigenvalue weighted by Gasteiger charge is -2.21. The third-order valence-electron chi connectivity index (χ3n) is 3.26. The lowest BCUT2D eigenvalue weighted by molar-refractivity contribution is 0.297. The van der Waals surface area contributed by atoms with Gasteiger partial charge in [0.25, 0.3) is 0 Å². The Balaban J connectivity index is 1.71. The molecule has 1 aromatic heterocycles. The summed E-state index contributed by atoms with van der Waals surface area (Å²) < 4.78 is 2.07. The van der Waals surface area contributed by atoms with Crippen LogP contribution < -0.4 is 5.32 Å². The lowest BCUT2D eigenvalue weighted by Crippen LogP contribution is -2.37. The highest BCUT2D eigenvalue weighted by Crippen LogP contribution is 2.07. The Morgan fingerprint density at radius 1 is 1.44 bits per heavy atom. The fourth-order valence-electron chi connectivity index (χ4n) is 2.25. The first-order chi connectivity index (χ1) is 7.75. The summed E-state index contributed by atoms with van der Waals surface area (Å²) in [5.74, 6) is 1.10. The largest absolute Gasteiger partial charge is 0.337 e. The second-order valence-corrected chi connectivity index (χ2v) is 4.74. The van der Waals surface area contributed by atoms with Gasteiger partial charge in [-0.1, -0.05) is 0 Å². The fourth-order valence-corrected chi connectivity index (χ4v) is 2.25. The van der Waals surface area contributed by atoms with E-state index in [0.717, 1.165) is 18.9 Å². The number of imidazole rings is 1. The first kappa shape index (κ1) is 11.6. The van der Waals surface area contributed by atoms with Crippen molar-refractivity contribution in [3.8, 4) is 0 Å². The molecule has 1 N–H and O–H groups in total. The van der Waals surface area contributed by atoms with E-state index in [1.54, 1.807) is 0 Å². The van der Waals surface area contributed by atoms with Crippen molar-refractivity contribution >= 4 is 0 Å². The highest BCUT2D eigenvalue weighted by molar-refractivity contribution is 4.90. The fraction of sp³-hybridized carbons (Fsp3) is 0.750. The van der Waals surface area contributed by atoms with Gasteiger partial charge in [0, 0.05) is 32.0 Å². The molecule has 0 bridgehead atoms. The van der Waals surface area contributed by atoms with Gasteiger partial charge in [0.05, 0.1) is 6.54 Å². The van der Waals surface area contributed by atoms with E-state index < -0.39 is 0 Å². The SMILES string of the molecule is CC(CN1CCCC1)NCc1nccn1C. The zero-order chi connectivity index (χ0) is 11.4. The van der Waals surface area contributed by atoms with E-state index in [2.05, 4.69) is 26.7 Å². The average Bonchev–Trinajstić information content (AvgIpc) is 2.87. The summed E-state index contributed by atoms with van der Waals surface area (Å²) in [6.07, 6.45) is 6.57. The molecule has 90 valence electrons. The minimum Gasteiger partial charge on any atom is -0.337 e. The third-order valence-corrected chi connectivity index (χ3v) is 3.26. The van der Waals surface area contributed by atoms with Gasteiger partial charge in [-0.3, -0.25) is 0 Å². The van der Waals surface area contributed by atoms with Gasteiger partial charge in [-0.15, -0.1) is 0 Å². The first-order valence-corrected chi connectivity index (χ1v) is 6.17. The van der Waals surface area contributed by atoms with Gasteiger partial charge >= 0.3 is 0 Å². The Kier molecular flexibility index (Phi) is 3.96. The lowest BCUT2D eigenvalue weighted by atomic mass is 10.3. The standard InChI is InChI=1S/C12H22N4/c1-11(10-16-6-3-4-7-16)14-9-12-13-5-8-15(12)2/h5,8,11,14H,3-4,6-7,9-10H2,1-2H3. The molecule has 2 rings (SSSR count). The molecule has 1 aliphatic rings. The van der Waals surface area contributed by atoms with Crippen LogP contribution in [0.3, 0.4) is 0 Å². The molecule has 1 saturated heterocycles. The molecule has 1 aliphatic heterocycles. The van der Waals surface area contributed by atoms with Crippen molar-refractivity contribution in [3.05, 3.63) is 18.2 Å². The molecule has 0 aliphatic carbocycles. The molecule has 0 spiro atoms. The smallest absolute Gasteiger partial charge is 0.122 e. The van der Waals surface area contributed by atoms with Crippen molar-refractivity contribution in [2.45, 2.75) is 32.4 Å². The Morgan fingerprint density at radius 3 is 2.81 bits per heavy atom. The Hall–Kier alpha value is -0.870. The monoisotopic (exact) mass is 222 g/mol. The molecule has 0 radical (unpaired) electrons. The molecule has 1 aromatic rings. The maximum atomic E-state index is 4.31. The molecular weight excluding hydrogens is 200 g/mol. The van der Waals surface area contributed by atoms with Crippen LogP contribution in [0.15, 0.2) is 12.4 Å². The van der Waals surface area contributed by atoms with Crippen LogP contribution in [0, 0.1) is 0 Å². The van der Waals surface area contributed by atoms with Gasteiger partial charge < -0.3 is 14.8 Å². The van der Waals surface area contributed by atoms with Crippen LogP contribution in [-0.2, 0) is 13.6 Å². The summed E-state index contributed by atoms with van der Waals surface area (Å²) in [5.41, 5.74) is 0. The van der Waals surface area contributed by atoms with Crippen LogP contribution in [0.5, 0.6) is 0 Å². The quantitative estimate of drug-likeness (QED) is 0.806. The summed E-state index contributed by atoms with van der Waals surface area (Å²) in [6.45, 7) is 6.81. The van der Waals surface area contributed by atoms with Gasteiger partial charge in [0.2, 0.25) is 0 Å². The van der Waals surface area contributed by atoms with Crippen LogP contribution in [0.2, 0.25) is 0 Å². The van der Waals surface area contributed by atoms with E-state index in [1.807, 2.05) is 19.4 Å². The molecule has 2 heterocycles. The van der Waals surface area contributed by atoms with E-state index in [4.69, 9.17) is 0 Å². The van der Waals surface area contributed by atoms with Crippen LogP contribution in [0.1, 0.15) is 25.6 Å². The van der Waals surface area contributed by atoms with Gasteiger partial charge in [-0.05, 0) is 32.9 Å². The van der Waals surface area contributed by atoms with Crippen LogP contribution in [0.4, 0.5) is 0 Å². The van der Waals surface area contributed by atoms with Crippen molar-refractivity contribution in [1.82, 2.24) is 19.8 Å². The molecule has 1 atom stereocenters. The molecule has 0 amide bonds. The van der Waals surface area contributed by atoms with Gasteiger partial charge in [-0.2, -0.15) is 0 Å². The molecule has 1 fully saturated rings. The van der Waals surface area contributed by atoms with Crippen LogP contribution >= 0.6 is 0 Å². The minimum atomic E-state index is 0.537. The highest BCUT2D eigenvalue weighted by Gasteiger charge is 2.14. The second-order valence-electron chi connectivity index (χ2n) is 4.74. The van der Waals surface area contributed by atoms with Gasteiger partial charge in [-0.25, -0.2) is 4.98 Å². The topological polar surface area (TPSA) is 33.1 Å². The van der Waals surface area contributed by atoms with E-state index in [9.17, 15) is 0 Å². The number of nitrogens with one attached hydrogen (secondary N) is 1. The minimum absolute atomic E-state index is 0.537. The number of likely N-dealkylation sites (tertiary alicyclic amines) is 1. The normalized spacial score (nSPS) is 19.1. The Bertz CT molecular complexity index is 315. The first-order valence-electron chi connectivity index (χ1n) is 6.17. The predicted molar refractivity (Wildman–Crippen MR) is 65.2 cm³/mol. The summed E-state index contributed by atoms with van der Waals surface area (Å²) in [7, 11) is 2.04. The van der Waals surface area contributed by atoms with Crippen molar-refractivity contribution in [1.29, 1.82) is 0 Å². The summed E-state index contributed by atoms with van der Waals surface area (Å²) in [6, 6.07) is 0.537. The average molecular weight is 222 g/mol. The van der Waals surface area contributed by atoms with Crippen molar-refractivity contribution < 1.29 is 0 Å². The van der Waals surface area contributed by atoms with Crippen LogP contribution in [-0.4, -0.2) is 40.1 Å². The maximum Gasteiger partial charge on any atom is 0.122 e. The number of hydrogen-bond acceptors (Lipinski definition) is 3. The van der Waals surface area contributed by atoms with Crippen molar-refractivity contribution in [2.75, 3.05) is 19.6 Å². The Morgan fingerprint density at radius 2 is 2.19 bits per heavy atom. The van der Waals surface area contributed by atoms with E-state index >= 15 is 0 Å². The molecule has 1 unspecified atom stereocenters. The zero-order valence-electron chi connectivity index (χ0n) is 10.3. The summed E-state index contributed by atoms with van der Waals surface area (Å²) in [5, 5.41) is 3.53. The van der Waals surface area contributed by atoms with E-state index in [0.29, 0.717) is 6.04 Å². The number of nitrogens with zero attached hydrogens (tertiary/aromatic N) is 3. The van der Waals surface area contributed by atoms with Gasteiger partial charge in [0.15, 0.2) is 0 Å². The number of rotatable bonds is 5. The summed E-state index contributed by atoms with van der Waals surface area (Å²) in [4.78, 5) is 6.84. The number of aryl methyl sites for hydroxylation is 1. The van der Waals surface area contributed by atoms with E-state index in [1.165, 1.54) is 25.9 Å². The second kappa shape index (κ2) is 5.46. The third kappa shape index (κ3) is 3.06. The van der Waals surface area contributed by atoms with E-state index in [-0.39, 0.29) is 0 Å². The molecule has 16 heavy (non-hydrogen) atoms. The Labute approximate surface area is 97.7 Å². The number of aromatic nitrogens is 2. The van der Waals surface area contributed by atoms with Gasteiger partial charge in [0.1, 0.15) is 5.82 Å². The molecule has 0 saturated carbocycles. The zero-order valence-corrected chi connectivity index (χ0v) is 10.3. The van der Waals surface area contributed by atoms with Crippen molar-refractivity contribution in [3.63, 3.8) is 0 Å². The van der Waals surface area contributed by atoms with Crippen molar-refractivity contribution in [2.24, 2.45) is 7.05 Å². The maximum absolute atomic E-state index is 4.31.